The van der Waals surface area contributed by atoms with Crippen molar-refractivity contribution in [2.75, 3.05) is 18.1 Å². The van der Waals surface area contributed by atoms with Crippen molar-refractivity contribution in [3.63, 3.8) is 0 Å². The van der Waals surface area contributed by atoms with Gasteiger partial charge in [0.15, 0.2) is 0 Å². The van der Waals surface area contributed by atoms with Gasteiger partial charge in [-0.25, -0.2) is 4.98 Å². The first-order valence-electron chi connectivity index (χ1n) is 9.25. The first-order valence-corrected chi connectivity index (χ1v) is 9.25. The van der Waals surface area contributed by atoms with Crippen molar-refractivity contribution in [3.05, 3.63) is 41.6 Å². The second kappa shape index (κ2) is 9.93. The van der Waals surface area contributed by atoms with Gasteiger partial charge in [-0.3, -0.25) is 0 Å². The maximum absolute atomic E-state index is 13.3. The predicted octanol–water partition coefficient (Wildman–Crippen LogP) is 5.48. The average molecular weight is 392 g/mol. The van der Waals surface area contributed by atoms with Gasteiger partial charge >= 0.3 is 6.18 Å². The molecule has 1 aromatic carbocycles. The van der Waals surface area contributed by atoms with Gasteiger partial charge in [0.1, 0.15) is 5.56 Å². The smallest absolute Gasteiger partial charge is 0.423 e. The van der Waals surface area contributed by atoms with Crippen molar-refractivity contribution in [2.24, 2.45) is 0 Å². The van der Waals surface area contributed by atoms with Crippen LogP contribution in [0.3, 0.4) is 0 Å². The van der Waals surface area contributed by atoms with Gasteiger partial charge in [0.2, 0.25) is 11.8 Å². The van der Waals surface area contributed by atoms with E-state index in [2.05, 4.69) is 16.9 Å². The van der Waals surface area contributed by atoms with E-state index in [0.29, 0.717) is 24.2 Å². The summed E-state index contributed by atoms with van der Waals surface area (Å²) in [6, 6.07) is 8.77. The van der Waals surface area contributed by atoms with Gasteiger partial charge in [-0.15, -0.1) is 0 Å². The standard InChI is InChI=1S/C20H23F3N4O/c1-3-5-6-7-11-28-18-17(20(21,22)23)14-25-19(26-18)27(4-2)16-10-8-9-15(12-16)13-24/h8-10,12,14H,3-7,11H2,1-2H3. The van der Waals surface area contributed by atoms with Crippen LogP contribution in [0.1, 0.15) is 50.7 Å². The molecule has 0 unspecified atom stereocenters. The second-order valence-corrected chi connectivity index (χ2v) is 6.20. The summed E-state index contributed by atoms with van der Waals surface area (Å²) in [6.07, 6.45) is -0.276. The van der Waals surface area contributed by atoms with Crippen LogP contribution in [0.5, 0.6) is 5.88 Å². The zero-order valence-electron chi connectivity index (χ0n) is 16.0. The molecule has 0 aliphatic rings. The maximum Gasteiger partial charge on any atom is 0.423 e. The summed E-state index contributed by atoms with van der Waals surface area (Å²) in [5.74, 6) is -0.377. The number of hydrogen-bond acceptors (Lipinski definition) is 5. The molecule has 2 rings (SSSR count). The molecule has 0 N–H and O–H groups in total. The molecule has 0 spiro atoms. The van der Waals surface area contributed by atoms with Gasteiger partial charge in [-0.2, -0.15) is 23.4 Å². The van der Waals surface area contributed by atoms with Crippen molar-refractivity contribution in [1.29, 1.82) is 5.26 Å². The van der Waals surface area contributed by atoms with Gasteiger partial charge in [0.25, 0.3) is 0 Å². The van der Waals surface area contributed by atoms with Crippen LogP contribution in [0.15, 0.2) is 30.5 Å². The van der Waals surface area contributed by atoms with Crippen LogP contribution in [-0.4, -0.2) is 23.1 Å². The fourth-order valence-electron chi connectivity index (χ4n) is 2.67. The van der Waals surface area contributed by atoms with Crippen LogP contribution in [0.2, 0.25) is 0 Å². The minimum absolute atomic E-state index is 0.0918. The minimum atomic E-state index is -4.60. The minimum Gasteiger partial charge on any atom is -0.477 e. The molecule has 0 saturated heterocycles. The number of benzene rings is 1. The van der Waals surface area contributed by atoms with Crippen molar-refractivity contribution in [3.8, 4) is 11.9 Å². The van der Waals surface area contributed by atoms with E-state index < -0.39 is 17.6 Å². The van der Waals surface area contributed by atoms with Gasteiger partial charge < -0.3 is 9.64 Å². The average Bonchev–Trinajstić information content (AvgIpc) is 2.68. The molecule has 0 radical (unpaired) electrons. The number of aromatic nitrogens is 2. The summed E-state index contributed by atoms with van der Waals surface area (Å²) in [5, 5.41) is 9.07. The van der Waals surface area contributed by atoms with E-state index in [9.17, 15) is 13.2 Å². The lowest BCUT2D eigenvalue weighted by Crippen LogP contribution is -2.21. The highest BCUT2D eigenvalue weighted by Crippen LogP contribution is 2.36. The number of ether oxygens (including phenoxy) is 1. The number of hydrogen-bond donors (Lipinski definition) is 0. The molecule has 2 aromatic rings. The second-order valence-electron chi connectivity index (χ2n) is 6.20. The van der Waals surface area contributed by atoms with Crippen LogP contribution in [-0.2, 0) is 6.18 Å². The first-order chi connectivity index (χ1) is 13.4. The van der Waals surface area contributed by atoms with Crippen LogP contribution in [0.25, 0.3) is 0 Å². The number of rotatable bonds is 9. The third-order valence-electron chi connectivity index (χ3n) is 4.13. The number of alkyl halides is 3. The highest BCUT2D eigenvalue weighted by atomic mass is 19.4. The molecule has 5 nitrogen and oxygen atoms in total. The zero-order valence-corrected chi connectivity index (χ0v) is 16.0. The van der Waals surface area contributed by atoms with E-state index in [-0.39, 0.29) is 12.6 Å². The molecule has 0 aliphatic heterocycles. The summed E-state index contributed by atoms with van der Waals surface area (Å²) in [5.41, 5.74) is 0.0685. The van der Waals surface area contributed by atoms with E-state index >= 15 is 0 Å². The molecule has 0 bridgehead atoms. The summed E-state index contributed by atoms with van der Waals surface area (Å²) in [7, 11) is 0. The van der Waals surface area contributed by atoms with E-state index in [1.807, 2.05) is 13.0 Å². The highest BCUT2D eigenvalue weighted by molar-refractivity contribution is 5.60. The lowest BCUT2D eigenvalue weighted by Gasteiger charge is -2.22. The SMILES string of the molecule is CCCCCCOc1nc(N(CC)c2cccc(C#N)c2)ncc1C(F)(F)F. The molecule has 8 heteroatoms. The van der Waals surface area contributed by atoms with E-state index in [1.165, 1.54) is 0 Å². The van der Waals surface area contributed by atoms with Crippen molar-refractivity contribution in [1.82, 2.24) is 9.97 Å². The molecule has 1 heterocycles. The largest absolute Gasteiger partial charge is 0.477 e. The van der Waals surface area contributed by atoms with E-state index in [1.54, 1.807) is 29.2 Å². The predicted molar refractivity (Wildman–Crippen MR) is 101 cm³/mol. The lowest BCUT2D eigenvalue weighted by atomic mass is 10.2. The Hall–Kier alpha value is -2.82. The maximum atomic E-state index is 13.3. The Balaban J connectivity index is 2.32. The molecule has 0 aliphatic carbocycles. The van der Waals surface area contributed by atoms with E-state index in [0.717, 1.165) is 25.5 Å². The molecule has 28 heavy (non-hydrogen) atoms. The Morgan fingerprint density at radius 1 is 1.18 bits per heavy atom. The third kappa shape index (κ3) is 5.59. The fourth-order valence-corrected chi connectivity index (χ4v) is 2.67. The number of anilines is 2. The quantitative estimate of drug-likeness (QED) is 0.529. The van der Waals surface area contributed by atoms with E-state index in [4.69, 9.17) is 10.00 Å². The number of halogens is 3. The summed E-state index contributed by atoms with van der Waals surface area (Å²) in [4.78, 5) is 9.58. The van der Waals surface area contributed by atoms with Crippen molar-refractivity contribution < 1.29 is 17.9 Å². The molecular formula is C20H23F3N4O. The van der Waals surface area contributed by atoms with Gasteiger partial charge in [-0.05, 0) is 31.5 Å². The van der Waals surface area contributed by atoms with Crippen LogP contribution >= 0.6 is 0 Å². The van der Waals surface area contributed by atoms with Crippen LogP contribution in [0.4, 0.5) is 24.8 Å². The Morgan fingerprint density at radius 2 is 1.96 bits per heavy atom. The molecule has 0 amide bonds. The summed E-state index contributed by atoms with van der Waals surface area (Å²) >= 11 is 0. The van der Waals surface area contributed by atoms with Crippen molar-refractivity contribution in [2.45, 2.75) is 45.7 Å². The summed E-state index contributed by atoms with van der Waals surface area (Å²) < 4.78 is 45.3. The summed E-state index contributed by atoms with van der Waals surface area (Å²) in [6.45, 7) is 4.46. The number of unbranched alkanes of at least 4 members (excludes halogenated alkanes) is 3. The first kappa shape index (κ1) is 21.5. The van der Waals surface area contributed by atoms with Gasteiger partial charge in [-0.1, -0.05) is 32.3 Å². The normalized spacial score (nSPS) is 11.1. The molecule has 0 atom stereocenters. The monoisotopic (exact) mass is 392 g/mol. The molecule has 150 valence electrons. The zero-order chi connectivity index (χ0) is 20.6. The Bertz CT molecular complexity index is 818. The Kier molecular flexibility index (Phi) is 7.61. The highest BCUT2D eigenvalue weighted by Gasteiger charge is 2.36. The Morgan fingerprint density at radius 3 is 2.61 bits per heavy atom. The van der Waals surface area contributed by atoms with Gasteiger partial charge in [0.05, 0.1) is 18.2 Å². The molecule has 1 aromatic heterocycles. The van der Waals surface area contributed by atoms with Gasteiger partial charge in [0, 0.05) is 18.4 Å². The lowest BCUT2D eigenvalue weighted by molar-refractivity contribution is -0.139. The third-order valence-corrected chi connectivity index (χ3v) is 4.13. The number of nitrogens with zero attached hydrogens (tertiary/aromatic N) is 4. The molecular weight excluding hydrogens is 369 g/mol. The topological polar surface area (TPSA) is 62.0 Å². The van der Waals surface area contributed by atoms with Crippen molar-refractivity contribution >= 4 is 11.6 Å². The number of nitriles is 1. The fraction of sp³-hybridized carbons (Fsp3) is 0.450. The molecule has 0 saturated carbocycles. The van der Waals surface area contributed by atoms with Crippen LogP contribution < -0.4 is 9.64 Å². The Labute approximate surface area is 162 Å². The van der Waals surface area contributed by atoms with Crippen LogP contribution in [0, 0.1) is 11.3 Å². The molecule has 0 fully saturated rings.